The first-order chi connectivity index (χ1) is 17.8. The van der Waals surface area contributed by atoms with Gasteiger partial charge in [-0.25, -0.2) is 9.78 Å². The molecule has 10 nitrogen and oxygen atoms in total. The lowest BCUT2D eigenvalue weighted by molar-refractivity contribution is -0.144. The maximum Gasteiger partial charge on any atom is 0.328 e. The van der Waals surface area contributed by atoms with Crippen molar-refractivity contribution < 1.29 is 23.5 Å². The molecule has 5 rings (SSSR count). The van der Waals surface area contributed by atoms with E-state index in [0.29, 0.717) is 28.8 Å². The Morgan fingerprint density at radius 2 is 1.73 bits per heavy atom. The number of oxazole rings is 1. The van der Waals surface area contributed by atoms with E-state index in [0.717, 1.165) is 5.56 Å². The van der Waals surface area contributed by atoms with Gasteiger partial charge in [0.15, 0.2) is 0 Å². The van der Waals surface area contributed by atoms with E-state index in [2.05, 4.69) is 25.8 Å². The highest BCUT2D eigenvalue weighted by molar-refractivity contribution is 5.95. The molecular weight excluding hydrogens is 474 g/mol. The third-order valence-electron chi connectivity index (χ3n) is 6.92. The number of nitrogens with zero attached hydrogens (tertiary/aromatic N) is 2. The molecule has 1 aromatic carbocycles. The summed E-state index contributed by atoms with van der Waals surface area (Å²) in [7, 11) is 1.28. The van der Waals surface area contributed by atoms with Crippen molar-refractivity contribution in [2.45, 2.75) is 51.6 Å². The standard InChI is InChI=1S/C27H31N5O5/c1-14(2)22(27(35)36-3)29-25(34)21-13-28-26(37-21)18-6-4-5-17(11-18)19-12-20(32-31-19)24(33)30-23(15-7-8-15)16-9-10-16/h4-6,11-16,22-23H,7-10H2,1-3H3,(H,29,34)(H,30,33)(H,31,32). The predicted octanol–water partition coefficient (Wildman–Crippen LogP) is 3.58. The van der Waals surface area contributed by atoms with Crippen LogP contribution in [0, 0.1) is 17.8 Å². The van der Waals surface area contributed by atoms with E-state index in [9.17, 15) is 14.4 Å². The number of rotatable bonds is 10. The van der Waals surface area contributed by atoms with Crippen LogP contribution in [0.25, 0.3) is 22.7 Å². The summed E-state index contributed by atoms with van der Waals surface area (Å²) in [6.45, 7) is 3.61. The fraction of sp³-hybridized carbons (Fsp3) is 0.444. The van der Waals surface area contributed by atoms with Gasteiger partial charge >= 0.3 is 5.97 Å². The number of esters is 1. The molecule has 3 aromatic rings. The van der Waals surface area contributed by atoms with Crippen LogP contribution in [-0.4, -0.2) is 52.2 Å². The van der Waals surface area contributed by atoms with Crippen LogP contribution in [0.3, 0.4) is 0 Å². The molecule has 37 heavy (non-hydrogen) atoms. The summed E-state index contributed by atoms with van der Waals surface area (Å²) >= 11 is 0. The lowest BCUT2D eigenvalue weighted by Gasteiger charge is -2.18. The second kappa shape index (κ2) is 10.2. The zero-order valence-electron chi connectivity index (χ0n) is 21.1. The van der Waals surface area contributed by atoms with E-state index < -0.39 is 17.9 Å². The monoisotopic (exact) mass is 505 g/mol. The molecule has 2 aliphatic carbocycles. The van der Waals surface area contributed by atoms with Crippen LogP contribution >= 0.6 is 0 Å². The van der Waals surface area contributed by atoms with Crippen LogP contribution in [0.5, 0.6) is 0 Å². The van der Waals surface area contributed by atoms with Crippen molar-refractivity contribution >= 4 is 17.8 Å². The minimum atomic E-state index is -0.802. The largest absolute Gasteiger partial charge is 0.467 e. The Balaban J connectivity index is 1.28. The Morgan fingerprint density at radius 1 is 1.03 bits per heavy atom. The predicted molar refractivity (Wildman–Crippen MR) is 134 cm³/mol. The smallest absolute Gasteiger partial charge is 0.328 e. The van der Waals surface area contributed by atoms with E-state index in [-0.39, 0.29) is 29.5 Å². The quantitative estimate of drug-likeness (QED) is 0.358. The number of carbonyl (C=O) groups is 3. The van der Waals surface area contributed by atoms with Crippen molar-refractivity contribution in [2.75, 3.05) is 7.11 Å². The Bertz CT molecular complexity index is 1290. The molecule has 0 bridgehead atoms. The van der Waals surface area contributed by atoms with Crippen LogP contribution < -0.4 is 10.6 Å². The number of ether oxygens (including phenoxy) is 1. The maximum absolute atomic E-state index is 12.8. The van der Waals surface area contributed by atoms with Crippen LogP contribution in [0.15, 0.2) is 40.9 Å². The minimum Gasteiger partial charge on any atom is -0.467 e. The molecule has 0 spiro atoms. The van der Waals surface area contributed by atoms with Gasteiger partial charge in [0.05, 0.1) is 19.0 Å². The van der Waals surface area contributed by atoms with Gasteiger partial charge in [-0.3, -0.25) is 14.7 Å². The highest BCUT2D eigenvalue weighted by Crippen LogP contribution is 2.44. The van der Waals surface area contributed by atoms with Crippen molar-refractivity contribution in [3.63, 3.8) is 0 Å². The second-order valence-electron chi connectivity index (χ2n) is 10.2. The molecule has 2 fully saturated rings. The van der Waals surface area contributed by atoms with Crippen molar-refractivity contribution in [3.8, 4) is 22.7 Å². The Labute approximate surface area is 214 Å². The average molecular weight is 506 g/mol. The third kappa shape index (κ3) is 5.58. The molecular formula is C27H31N5O5. The molecule has 3 N–H and O–H groups in total. The Hall–Kier alpha value is -3.95. The Morgan fingerprint density at radius 3 is 2.38 bits per heavy atom. The van der Waals surface area contributed by atoms with E-state index in [1.54, 1.807) is 12.1 Å². The summed E-state index contributed by atoms with van der Waals surface area (Å²) < 4.78 is 10.5. The zero-order chi connectivity index (χ0) is 26.1. The number of hydrogen-bond acceptors (Lipinski definition) is 7. The molecule has 2 saturated carbocycles. The first-order valence-corrected chi connectivity index (χ1v) is 12.7. The first-order valence-electron chi connectivity index (χ1n) is 12.7. The van der Waals surface area contributed by atoms with Gasteiger partial charge in [-0.05, 0) is 61.6 Å². The molecule has 0 radical (unpaired) electrons. The minimum absolute atomic E-state index is 0.0189. The molecule has 1 unspecified atom stereocenters. The highest BCUT2D eigenvalue weighted by atomic mass is 16.5. The van der Waals surface area contributed by atoms with Gasteiger partial charge in [0.1, 0.15) is 11.7 Å². The summed E-state index contributed by atoms with van der Waals surface area (Å²) in [4.78, 5) is 41.7. The van der Waals surface area contributed by atoms with E-state index in [1.807, 2.05) is 32.0 Å². The topological polar surface area (TPSA) is 139 Å². The molecule has 194 valence electrons. The lowest BCUT2D eigenvalue weighted by Crippen LogP contribution is -2.44. The molecule has 2 aromatic heterocycles. The summed E-state index contributed by atoms with van der Waals surface area (Å²) in [5.41, 5.74) is 2.45. The van der Waals surface area contributed by atoms with E-state index in [4.69, 9.17) is 9.15 Å². The number of methoxy groups -OCH3 is 1. The summed E-state index contributed by atoms with van der Waals surface area (Å²) in [5.74, 6) is 0.0698. The van der Waals surface area contributed by atoms with Crippen molar-refractivity contribution in [2.24, 2.45) is 17.8 Å². The molecule has 10 heteroatoms. The number of carbonyl (C=O) groups excluding carboxylic acids is 3. The molecule has 2 amide bonds. The van der Waals surface area contributed by atoms with Crippen molar-refractivity contribution in [3.05, 3.63) is 48.0 Å². The van der Waals surface area contributed by atoms with Gasteiger partial charge in [0.2, 0.25) is 11.7 Å². The number of aromatic nitrogens is 3. The fourth-order valence-electron chi connectivity index (χ4n) is 4.51. The van der Waals surface area contributed by atoms with Crippen LogP contribution in [0.2, 0.25) is 0 Å². The number of aromatic amines is 1. The van der Waals surface area contributed by atoms with Gasteiger partial charge < -0.3 is 19.8 Å². The van der Waals surface area contributed by atoms with E-state index in [1.165, 1.54) is 39.0 Å². The number of benzene rings is 1. The van der Waals surface area contributed by atoms with Gasteiger partial charge in [0, 0.05) is 17.2 Å². The molecule has 2 heterocycles. The number of hydrogen-bond donors (Lipinski definition) is 3. The average Bonchev–Trinajstić information content (AvgIpc) is 3.82. The van der Waals surface area contributed by atoms with Gasteiger partial charge in [-0.1, -0.05) is 26.0 Å². The van der Waals surface area contributed by atoms with Gasteiger partial charge in [-0.15, -0.1) is 0 Å². The normalized spacial score (nSPS) is 16.0. The number of nitrogens with one attached hydrogen (secondary N) is 3. The van der Waals surface area contributed by atoms with Crippen LogP contribution in [0.1, 0.15) is 60.6 Å². The van der Waals surface area contributed by atoms with Crippen molar-refractivity contribution in [1.29, 1.82) is 0 Å². The SMILES string of the molecule is COC(=O)C(NC(=O)c1cnc(-c2cccc(-c3cc(C(=O)NC(C4CC4)C4CC4)[nH]n3)c2)o1)C(C)C. The first kappa shape index (κ1) is 24.7. The van der Waals surface area contributed by atoms with E-state index >= 15 is 0 Å². The lowest BCUT2D eigenvalue weighted by atomic mass is 10.0. The Kier molecular flexibility index (Phi) is 6.82. The molecule has 2 aliphatic rings. The zero-order valence-corrected chi connectivity index (χ0v) is 21.1. The maximum atomic E-state index is 12.8. The second-order valence-corrected chi connectivity index (χ2v) is 10.2. The van der Waals surface area contributed by atoms with Gasteiger partial charge in [-0.2, -0.15) is 5.10 Å². The third-order valence-corrected chi connectivity index (χ3v) is 6.92. The summed E-state index contributed by atoms with van der Waals surface area (Å²) in [6, 6.07) is 8.53. The fourth-order valence-corrected chi connectivity index (χ4v) is 4.51. The van der Waals surface area contributed by atoms with Crippen LogP contribution in [0.4, 0.5) is 0 Å². The molecule has 0 saturated heterocycles. The highest BCUT2D eigenvalue weighted by Gasteiger charge is 2.42. The van der Waals surface area contributed by atoms with Crippen LogP contribution in [-0.2, 0) is 9.53 Å². The number of amides is 2. The summed E-state index contributed by atoms with van der Waals surface area (Å²) in [5, 5.41) is 13.0. The number of H-pyrrole nitrogens is 1. The van der Waals surface area contributed by atoms with Crippen molar-refractivity contribution in [1.82, 2.24) is 25.8 Å². The molecule has 0 aliphatic heterocycles. The van der Waals surface area contributed by atoms with Gasteiger partial charge in [0.25, 0.3) is 11.8 Å². The molecule has 1 atom stereocenters. The summed E-state index contributed by atoms with van der Waals surface area (Å²) in [6.07, 6.45) is 6.08.